The number of hydrogen-bond acceptors (Lipinski definition) is 4. The van der Waals surface area contributed by atoms with Crippen LogP contribution in [0.1, 0.15) is 0 Å². The van der Waals surface area contributed by atoms with Crippen LogP contribution in [-0.2, 0) is 0 Å². The predicted octanol–water partition coefficient (Wildman–Crippen LogP) is 14.6. The van der Waals surface area contributed by atoms with Crippen LogP contribution in [0.25, 0.3) is 84.2 Å². The number of anilines is 3. The largest absolute Gasteiger partial charge is 0.455 e. The van der Waals surface area contributed by atoms with E-state index in [2.05, 4.69) is 169 Å². The molecule has 4 heteroatoms. The van der Waals surface area contributed by atoms with Crippen molar-refractivity contribution in [3.8, 4) is 11.1 Å². The molecule has 0 saturated heterocycles. The molecule has 0 spiro atoms. The van der Waals surface area contributed by atoms with Crippen LogP contribution >= 0.6 is 22.7 Å². The van der Waals surface area contributed by atoms with E-state index in [4.69, 9.17) is 4.42 Å². The lowest BCUT2D eigenvalue weighted by Crippen LogP contribution is -2.12. The van der Waals surface area contributed by atoms with Gasteiger partial charge in [0, 0.05) is 56.7 Å². The van der Waals surface area contributed by atoms with E-state index in [1.165, 1.54) is 56.9 Å². The molecular weight excluding hydrogens is 647 g/mol. The van der Waals surface area contributed by atoms with Crippen LogP contribution in [0.15, 0.2) is 168 Å². The van der Waals surface area contributed by atoms with E-state index in [-0.39, 0.29) is 0 Å². The Balaban J connectivity index is 1.24. The molecule has 0 fully saturated rings. The number of para-hydroxylation sites is 1. The van der Waals surface area contributed by atoms with Crippen molar-refractivity contribution in [2.75, 3.05) is 4.90 Å². The average Bonchev–Trinajstić information content (AvgIpc) is 3.87. The Morgan fingerprint density at radius 1 is 0.400 bits per heavy atom. The van der Waals surface area contributed by atoms with E-state index in [0.29, 0.717) is 0 Å². The van der Waals surface area contributed by atoms with E-state index >= 15 is 0 Å². The zero-order valence-corrected chi connectivity index (χ0v) is 28.4. The van der Waals surface area contributed by atoms with Crippen molar-refractivity contribution in [2.45, 2.75) is 0 Å². The van der Waals surface area contributed by atoms with Crippen LogP contribution in [0.4, 0.5) is 17.1 Å². The smallest absolute Gasteiger partial charge is 0.143 e. The molecule has 2 nitrogen and oxygen atoms in total. The molecule has 0 aliphatic heterocycles. The number of rotatable bonds is 4. The standard InChI is InChI=1S/C46H27NOS2/c1-2-13-31-28(11-1)23-26-35-44-37(17-9-19-39(44)48-46(31)35)47(38-18-10-22-42-45(38)34-15-5-8-21-41(34)49-42)36-16-6-3-12-30(36)29-24-25-33-32-14-4-7-20-40(32)50-43(33)27-29/h1-27H. The summed E-state index contributed by atoms with van der Waals surface area (Å²) < 4.78 is 11.9. The van der Waals surface area contributed by atoms with Crippen molar-refractivity contribution in [3.63, 3.8) is 0 Å². The molecule has 0 aliphatic carbocycles. The number of hydrogen-bond donors (Lipinski definition) is 0. The zero-order valence-electron chi connectivity index (χ0n) is 26.8. The summed E-state index contributed by atoms with van der Waals surface area (Å²) in [6.45, 7) is 0. The first kappa shape index (κ1) is 28.0. The van der Waals surface area contributed by atoms with E-state index in [9.17, 15) is 0 Å². The maximum Gasteiger partial charge on any atom is 0.143 e. The van der Waals surface area contributed by atoms with Gasteiger partial charge in [-0.1, -0.05) is 109 Å². The molecule has 0 amide bonds. The van der Waals surface area contributed by atoms with Crippen LogP contribution in [0.5, 0.6) is 0 Å². The monoisotopic (exact) mass is 673 g/mol. The molecule has 8 aromatic carbocycles. The molecule has 11 rings (SSSR count). The Bertz CT molecular complexity index is 3130. The molecule has 50 heavy (non-hydrogen) atoms. The van der Waals surface area contributed by atoms with Gasteiger partial charge in [-0.25, -0.2) is 0 Å². The summed E-state index contributed by atoms with van der Waals surface area (Å²) in [5, 5.41) is 9.68. The van der Waals surface area contributed by atoms with Gasteiger partial charge in [0.1, 0.15) is 11.2 Å². The van der Waals surface area contributed by atoms with Crippen molar-refractivity contribution in [3.05, 3.63) is 164 Å². The van der Waals surface area contributed by atoms with Gasteiger partial charge in [-0.2, -0.15) is 0 Å². The summed E-state index contributed by atoms with van der Waals surface area (Å²) in [5.41, 5.74) is 7.55. The molecule has 234 valence electrons. The fraction of sp³-hybridized carbons (Fsp3) is 0. The highest BCUT2D eigenvalue weighted by Gasteiger charge is 2.25. The zero-order chi connectivity index (χ0) is 32.8. The number of nitrogens with zero attached hydrogens (tertiary/aromatic N) is 1. The Morgan fingerprint density at radius 3 is 1.92 bits per heavy atom. The van der Waals surface area contributed by atoms with Gasteiger partial charge in [-0.05, 0) is 65.5 Å². The fourth-order valence-electron chi connectivity index (χ4n) is 7.86. The second kappa shape index (κ2) is 10.8. The maximum atomic E-state index is 6.74. The highest BCUT2D eigenvalue weighted by atomic mass is 32.1. The van der Waals surface area contributed by atoms with Gasteiger partial charge in [-0.15, -0.1) is 22.7 Å². The number of benzene rings is 8. The van der Waals surface area contributed by atoms with Gasteiger partial charge in [0.15, 0.2) is 0 Å². The Hall–Kier alpha value is -5.94. The minimum absolute atomic E-state index is 0.880. The minimum Gasteiger partial charge on any atom is -0.455 e. The third kappa shape index (κ3) is 4.07. The molecule has 3 heterocycles. The summed E-state index contributed by atoms with van der Waals surface area (Å²) in [6.07, 6.45) is 0. The van der Waals surface area contributed by atoms with Crippen LogP contribution in [0.2, 0.25) is 0 Å². The second-order valence-electron chi connectivity index (χ2n) is 12.8. The van der Waals surface area contributed by atoms with E-state index < -0.39 is 0 Å². The van der Waals surface area contributed by atoms with Crippen molar-refractivity contribution in [2.24, 2.45) is 0 Å². The normalized spacial score (nSPS) is 12.0. The number of thiophene rings is 2. The van der Waals surface area contributed by atoms with E-state index in [1.807, 2.05) is 22.7 Å². The molecule has 0 radical (unpaired) electrons. The van der Waals surface area contributed by atoms with Gasteiger partial charge in [0.2, 0.25) is 0 Å². The lowest BCUT2D eigenvalue weighted by Gasteiger charge is -2.29. The molecule has 0 saturated carbocycles. The number of fused-ring (bicyclic) bond motifs is 11. The topological polar surface area (TPSA) is 16.4 Å². The maximum absolute atomic E-state index is 6.74. The van der Waals surface area contributed by atoms with Crippen molar-refractivity contribution in [1.29, 1.82) is 0 Å². The quantitative estimate of drug-likeness (QED) is 0.185. The molecule has 0 N–H and O–H groups in total. The highest BCUT2D eigenvalue weighted by Crippen LogP contribution is 2.50. The van der Waals surface area contributed by atoms with E-state index in [0.717, 1.165) is 44.4 Å². The lowest BCUT2D eigenvalue weighted by atomic mass is 9.98. The van der Waals surface area contributed by atoms with Gasteiger partial charge < -0.3 is 9.32 Å². The van der Waals surface area contributed by atoms with Crippen molar-refractivity contribution < 1.29 is 4.42 Å². The van der Waals surface area contributed by atoms with Gasteiger partial charge >= 0.3 is 0 Å². The molecule has 0 aliphatic rings. The van der Waals surface area contributed by atoms with Crippen LogP contribution in [0, 0.1) is 0 Å². The highest BCUT2D eigenvalue weighted by molar-refractivity contribution is 7.26. The van der Waals surface area contributed by atoms with Crippen molar-refractivity contribution in [1.82, 2.24) is 0 Å². The third-order valence-electron chi connectivity index (χ3n) is 10.1. The summed E-state index contributed by atoms with van der Waals surface area (Å²) in [5.74, 6) is 0. The molecule has 11 aromatic rings. The first-order chi connectivity index (χ1) is 24.8. The molecule has 0 unspecified atom stereocenters. The predicted molar refractivity (Wildman–Crippen MR) is 217 cm³/mol. The minimum atomic E-state index is 0.880. The van der Waals surface area contributed by atoms with Crippen LogP contribution < -0.4 is 4.90 Å². The molecule has 3 aromatic heterocycles. The first-order valence-corrected chi connectivity index (χ1v) is 18.5. The van der Waals surface area contributed by atoms with Crippen molar-refractivity contribution >= 4 is 113 Å². The Labute approximate surface area is 295 Å². The second-order valence-corrected chi connectivity index (χ2v) is 15.0. The third-order valence-corrected chi connectivity index (χ3v) is 12.3. The number of furan rings is 1. The SMILES string of the molecule is c1ccc(N(c2cccc3oc4c5ccccc5ccc4c23)c2cccc3sc4ccccc4c23)c(-c2ccc3c(c2)sc2ccccc23)c1. The fourth-order valence-corrected chi connectivity index (χ4v) is 10.1. The van der Waals surface area contributed by atoms with Crippen LogP contribution in [-0.4, -0.2) is 0 Å². The Morgan fingerprint density at radius 2 is 1.02 bits per heavy atom. The van der Waals surface area contributed by atoms with Gasteiger partial charge in [0.25, 0.3) is 0 Å². The first-order valence-electron chi connectivity index (χ1n) is 16.8. The lowest BCUT2D eigenvalue weighted by molar-refractivity contribution is 0.672. The average molecular weight is 674 g/mol. The molecule has 0 bridgehead atoms. The van der Waals surface area contributed by atoms with E-state index in [1.54, 1.807) is 0 Å². The van der Waals surface area contributed by atoms with Gasteiger partial charge in [-0.3, -0.25) is 0 Å². The summed E-state index contributed by atoms with van der Waals surface area (Å²) in [6, 6.07) is 59.5. The Kier molecular flexibility index (Phi) is 6.03. The summed E-state index contributed by atoms with van der Waals surface area (Å²) in [7, 11) is 0. The van der Waals surface area contributed by atoms with Crippen LogP contribution in [0.3, 0.4) is 0 Å². The summed E-state index contributed by atoms with van der Waals surface area (Å²) in [4.78, 5) is 2.48. The molecule has 0 atom stereocenters. The summed E-state index contributed by atoms with van der Waals surface area (Å²) >= 11 is 3.72. The van der Waals surface area contributed by atoms with Gasteiger partial charge in [0.05, 0.1) is 22.4 Å². The molecular formula is C46H27NOS2.